The second-order valence-electron chi connectivity index (χ2n) is 1.34. The van der Waals surface area contributed by atoms with Crippen LogP contribution in [0.3, 0.4) is 0 Å². The molecule has 0 radical (unpaired) electrons. The Balaban J connectivity index is 2.95. The average molecular weight is 189 g/mol. The van der Waals surface area contributed by atoms with Gasteiger partial charge in [-0.3, -0.25) is 9.59 Å². The van der Waals surface area contributed by atoms with Crippen LogP contribution >= 0.6 is 15.9 Å². The van der Waals surface area contributed by atoms with Crippen LogP contribution in [0, 0.1) is 0 Å². The highest BCUT2D eigenvalue weighted by Gasteiger charge is 2.11. The molecule has 0 unspecified atom stereocenters. The van der Waals surface area contributed by atoms with Crippen molar-refractivity contribution in [1.29, 1.82) is 0 Å². The summed E-state index contributed by atoms with van der Waals surface area (Å²) in [6.45, 7) is 0. The van der Waals surface area contributed by atoms with Crippen molar-refractivity contribution >= 4 is 27.7 Å². The molecule has 0 aromatic heterocycles. The van der Waals surface area contributed by atoms with Gasteiger partial charge in [0.1, 0.15) is 0 Å². The zero-order valence-corrected chi connectivity index (χ0v) is 5.75. The Bertz CT molecular complexity index is 231. The molecule has 1 aliphatic rings. The molecule has 0 spiro atoms. The fraction of sp³-hybridized carbons (Fsp3) is 0. The van der Waals surface area contributed by atoms with Gasteiger partial charge in [0.15, 0.2) is 0 Å². The number of hydrogen-bond acceptors (Lipinski definition) is 2. The Morgan fingerprint density at radius 2 is 2.00 bits per heavy atom. The topological polar surface area (TPSA) is 58.9 Å². The summed E-state index contributed by atoms with van der Waals surface area (Å²) in [6, 6.07) is 0. The van der Waals surface area contributed by atoms with E-state index in [4.69, 9.17) is 0 Å². The predicted octanol–water partition coefficient (Wildman–Crippen LogP) is 0.784. The first-order chi connectivity index (χ1) is 4.20. The summed E-state index contributed by atoms with van der Waals surface area (Å²) in [5, 5.41) is 6.00. The fourth-order valence-corrected chi connectivity index (χ4v) is 0.617. The largest absolute Gasteiger partial charge is 0.302 e. The number of azo groups is 1. The van der Waals surface area contributed by atoms with E-state index in [0.29, 0.717) is 0 Å². The molecular formula is C4HBrN2O2. The molecule has 0 aromatic rings. The number of rotatable bonds is 0. The quantitative estimate of drug-likeness (QED) is 0.565. The van der Waals surface area contributed by atoms with Crippen molar-refractivity contribution in [3.8, 4) is 0 Å². The summed E-state index contributed by atoms with van der Waals surface area (Å²) in [4.78, 5) is 20.7. The zero-order chi connectivity index (χ0) is 6.85. The van der Waals surface area contributed by atoms with Crippen molar-refractivity contribution in [1.82, 2.24) is 0 Å². The van der Waals surface area contributed by atoms with Crippen molar-refractivity contribution in [3.63, 3.8) is 0 Å². The van der Waals surface area contributed by atoms with Crippen molar-refractivity contribution in [2.24, 2.45) is 10.2 Å². The van der Waals surface area contributed by atoms with E-state index in [9.17, 15) is 9.59 Å². The minimum absolute atomic E-state index is 0.155. The lowest BCUT2D eigenvalue weighted by Gasteiger charge is -1.92. The average Bonchev–Trinajstić information content (AvgIpc) is 1.80. The lowest BCUT2D eigenvalue weighted by atomic mass is 10.4. The van der Waals surface area contributed by atoms with Crippen LogP contribution in [0.1, 0.15) is 0 Å². The standard InChI is InChI=1S/C4HBrN2O2/c5-2-1-3(8)6-7-4(2)9/h1H. The van der Waals surface area contributed by atoms with Crippen molar-refractivity contribution in [2.75, 3.05) is 0 Å². The van der Waals surface area contributed by atoms with Crippen molar-refractivity contribution < 1.29 is 9.59 Å². The first kappa shape index (κ1) is 6.28. The van der Waals surface area contributed by atoms with Gasteiger partial charge in [0.25, 0.3) is 5.91 Å². The third kappa shape index (κ3) is 1.29. The van der Waals surface area contributed by atoms with E-state index in [0.717, 1.165) is 6.08 Å². The molecule has 0 fully saturated rings. The van der Waals surface area contributed by atoms with E-state index < -0.39 is 11.8 Å². The Hall–Kier alpha value is -0.840. The van der Waals surface area contributed by atoms with Gasteiger partial charge in [0.2, 0.25) is 0 Å². The van der Waals surface area contributed by atoms with Crippen LogP contribution in [-0.4, -0.2) is 11.8 Å². The molecular weight excluding hydrogens is 188 g/mol. The molecule has 1 heterocycles. The minimum Gasteiger partial charge on any atom is -0.266 e. The number of carbonyl (C=O) groups excluding carboxylic acids is 2. The summed E-state index contributed by atoms with van der Waals surface area (Å²) in [5.41, 5.74) is 0. The van der Waals surface area contributed by atoms with Gasteiger partial charge in [-0.15, -0.1) is 10.2 Å². The molecule has 5 heteroatoms. The monoisotopic (exact) mass is 188 g/mol. The van der Waals surface area contributed by atoms with Crippen LogP contribution in [0.5, 0.6) is 0 Å². The molecule has 0 atom stereocenters. The van der Waals surface area contributed by atoms with Gasteiger partial charge in [-0.25, -0.2) is 0 Å². The van der Waals surface area contributed by atoms with Crippen LogP contribution in [0.25, 0.3) is 0 Å². The minimum atomic E-state index is -0.519. The molecule has 46 valence electrons. The second-order valence-corrected chi connectivity index (χ2v) is 2.19. The Kier molecular flexibility index (Phi) is 1.52. The lowest BCUT2D eigenvalue weighted by molar-refractivity contribution is -0.119. The third-order valence-electron chi connectivity index (χ3n) is 0.694. The van der Waals surface area contributed by atoms with Gasteiger partial charge >= 0.3 is 5.91 Å². The molecule has 0 N–H and O–H groups in total. The van der Waals surface area contributed by atoms with Crippen LogP contribution in [0.15, 0.2) is 20.8 Å². The number of nitrogens with zero attached hydrogens (tertiary/aromatic N) is 2. The first-order valence-electron chi connectivity index (χ1n) is 2.07. The summed E-state index contributed by atoms with van der Waals surface area (Å²) in [7, 11) is 0. The van der Waals surface area contributed by atoms with Gasteiger partial charge in [0.05, 0.1) is 4.48 Å². The van der Waals surface area contributed by atoms with Crippen LogP contribution in [-0.2, 0) is 9.59 Å². The number of hydrogen-bond donors (Lipinski definition) is 0. The van der Waals surface area contributed by atoms with E-state index in [-0.39, 0.29) is 4.48 Å². The molecule has 0 aliphatic carbocycles. The van der Waals surface area contributed by atoms with Crippen LogP contribution in [0.2, 0.25) is 0 Å². The Morgan fingerprint density at radius 1 is 1.33 bits per heavy atom. The normalized spacial score (nSPS) is 18.1. The second kappa shape index (κ2) is 2.18. The van der Waals surface area contributed by atoms with Gasteiger partial charge in [-0.05, 0) is 15.9 Å². The zero-order valence-electron chi connectivity index (χ0n) is 4.17. The number of halogens is 1. The maximum absolute atomic E-state index is 10.4. The number of amides is 2. The smallest absolute Gasteiger partial charge is 0.266 e. The molecule has 0 saturated heterocycles. The lowest BCUT2D eigenvalue weighted by Crippen LogP contribution is -2.01. The summed E-state index contributed by atoms with van der Waals surface area (Å²) in [5.74, 6) is -1.03. The number of carbonyl (C=O) groups is 2. The molecule has 9 heavy (non-hydrogen) atoms. The summed E-state index contributed by atoms with van der Waals surface area (Å²) < 4.78 is 0.155. The van der Waals surface area contributed by atoms with Gasteiger partial charge in [-0.2, -0.15) is 0 Å². The molecule has 2 amide bonds. The maximum atomic E-state index is 10.4. The molecule has 0 aromatic carbocycles. The van der Waals surface area contributed by atoms with Crippen molar-refractivity contribution in [2.45, 2.75) is 0 Å². The first-order valence-corrected chi connectivity index (χ1v) is 2.86. The van der Waals surface area contributed by atoms with E-state index in [1.165, 1.54) is 0 Å². The molecule has 1 aliphatic heterocycles. The molecule has 1 rings (SSSR count). The highest BCUT2D eigenvalue weighted by molar-refractivity contribution is 9.12. The Morgan fingerprint density at radius 3 is 2.44 bits per heavy atom. The van der Waals surface area contributed by atoms with E-state index in [2.05, 4.69) is 26.2 Å². The van der Waals surface area contributed by atoms with Gasteiger partial charge in [0, 0.05) is 6.08 Å². The highest BCUT2D eigenvalue weighted by atomic mass is 79.9. The summed E-state index contributed by atoms with van der Waals surface area (Å²) >= 11 is 2.83. The van der Waals surface area contributed by atoms with Crippen molar-refractivity contribution in [3.05, 3.63) is 10.6 Å². The fourth-order valence-electron chi connectivity index (χ4n) is 0.341. The Labute approximate surface area is 58.8 Å². The third-order valence-corrected chi connectivity index (χ3v) is 1.26. The van der Waals surface area contributed by atoms with E-state index in [1.807, 2.05) is 0 Å². The van der Waals surface area contributed by atoms with Crippen LogP contribution in [0.4, 0.5) is 0 Å². The van der Waals surface area contributed by atoms with E-state index in [1.54, 1.807) is 0 Å². The predicted molar refractivity (Wildman–Crippen MR) is 31.9 cm³/mol. The van der Waals surface area contributed by atoms with Gasteiger partial charge in [-0.1, -0.05) is 0 Å². The summed E-state index contributed by atoms with van der Waals surface area (Å²) in [6.07, 6.45) is 1.08. The molecule has 0 saturated carbocycles. The van der Waals surface area contributed by atoms with E-state index >= 15 is 0 Å². The SMILES string of the molecule is O=C1C=C(Br)C(=O)N=N1. The maximum Gasteiger partial charge on any atom is 0.302 e. The van der Waals surface area contributed by atoms with Gasteiger partial charge < -0.3 is 0 Å². The molecule has 4 nitrogen and oxygen atoms in total. The van der Waals surface area contributed by atoms with Crippen LogP contribution < -0.4 is 0 Å². The molecule has 0 bridgehead atoms. The highest BCUT2D eigenvalue weighted by Crippen LogP contribution is 2.11.